The Morgan fingerprint density at radius 1 is 1.00 bits per heavy atom. The molecule has 5 rings (SSSR count). The second-order valence-electron chi connectivity index (χ2n) is 7.74. The number of fused-ring (bicyclic) bond motifs is 1. The predicted molar refractivity (Wildman–Crippen MR) is 118 cm³/mol. The molecule has 0 spiro atoms. The molecule has 2 aromatic heterocycles. The number of carbonyl (C=O) groups is 1. The van der Waals surface area contributed by atoms with Crippen LogP contribution < -0.4 is 0 Å². The Labute approximate surface area is 175 Å². The maximum absolute atomic E-state index is 12.5. The lowest BCUT2D eigenvalue weighted by atomic mass is 9.96. The molecule has 2 heterocycles. The van der Waals surface area contributed by atoms with E-state index in [4.69, 9.17) is 4.74 Å². The molecule has 4 nitrogen and oxygen atoms in total. The number of hydrogen-bond donors (Lipinski definition) is 0. The van der Waals surface area contributed by atoms with Crippen LogP contribution in [-0.2, 0) is 11.2 Å². The highest BCUT2D eigenvalue weighted by molar-refractivity contribution is 5.97. The van der Waals surface area contributed by atoms with Gasteiger partial charge in [-0.1, -0.05) is 48.5 Å². The van der Waals surface area contributed by atoms with Crippen LogP contribution in [0.1, 0.15) is 45.9 Å². The second kappa shape index (κ2) is 7.71. The van der Waals surface area contributed by atoms with E-state index in [1.54, 1.807) is 0 Å². The summed E-state index contributed by atoms with van der Waals surface area (Å²) in [5, 5.41) is 2.21. The van der Waals surface area contributed by atoms with Gasteiger partial charge in [-0.2, -0.15) is 0 Å². The third kappa shape index (κ3) is 3.45. The van der Waals surface area contributed by atoms with Gasteiger partial charge in [-0.3, -0.25) is 9.97 Å². The van der Waals surface area contributed by atoms with Crippen molar-refractivity contribution in [2.45, 2.75) is 25.2 Å². The number of pyridine rings is 2. The fraction of sp³-hybridized carbons (Fsp3) is 0.192. The molecular formula is C26H22N2O2. The molecule has 1 saturated carbocycles. The number of rotatable bonds is 5. The summed E-state index contributed by atoms with van der Waals surface area (Å²) in [6.45, 7) is 0. The monoisotopic (exact) mass is 394 g/mol. The van der Waals surface area contributed by atoms with Gasteiger partial charge in [-0.25, -0.2) is 4.79 Å². The summed E-state index contributed by atoms with van der Waals surface area (Å²) in [5.41, 5.74) is 5.60. The van der Waals surface area contributed by atoms with Gasteiger partial charge in [0, 0.05) is 29.8 Å². The minimum Gasteiger partial charge on any atom is -0.465 e. The predicted octanol–water partition coefficient (Wildman–Crippen LogP) is 5.55. The van der Waals surface area contributed by atoms with Gasteiger partial charge < -0.3 is 4.74 Å². The van der Waals surface area contributed by atoms with E-state index in [1.807, 2.05) is 48.8 Å². The lowest BCUT2D eigenvalue weighted by Gasteiger charge is -2.12. The van der Waals surface area contributed by atoms with Crippen molar-refractivity contribution < 1.29 is 9.53 Å². The topological polar surface area (TPSA) is 52.1 Å². The van der Waals surface area contributed by atoms with Gasteiger partial charge in [0.2, 0.25) is 0 Å². The number of benzene rings is 2. The standard InChI is InChI=1S/C26H22N2O2/c1-30-26(29)23-14-20(17-10-11-17)16-28-24(23)15-19-8-5-9-22-21(19)12-13-27-25(22)18-6-3-2-4-7-18/h2-9,12-14,16-17H,10-11,15H2,1H3. The fourth-order valence-corrected chi connectivity index (χ4v) is 4.01. The summed E-state index contributed by atoms with van der Waals surface area (Å²) in [7, 11) is 1.42. The molecule has 4 heteroatoms. The zero-order valence-electron chi connectivity index (χ0n) is 16.8. The van der Waals surface area contributed by atoms with Crippen LogP contribution in [0.25, 0.3) is 22.0 Å². The van der Waals surface area contributed by atoms with E-state index in [9.17, 15) is 4.79 Å². The largest absolute Gasteiger partial charge is 0.465 e. The first kappa shape index (κ1) is 18.5. The molecule has 4 aromatic rings. The fourth-order valence-electron chi connectivity index (χ4n) is 4.01. The van der Waals surface area contributed by atoms with Crippen molar-refractivity contribution in [2.75, 3.05) is 7.11 Å². The van der Waals surface area contributed by atoms with E-state index in [0.717, 1.165) is 38.9 Å². The number of carbonyl (C=O) groups excluding carboxylic acids is 1. The van der Waals surface area contributed by atoms with E-state index < -0.39 is 0 Å². The third-order valence-corrected chi connectivity index (χ3v) is 5.75. The van der Waals surface area contributed by atoms with Crippen molar-refractivity contribution in [3.63, 3.8) is 0 Å². The molecule has 0 amide bonds. The molecular weight excluding hydrogens is 372 g/mol. The highest BCUT2D eigenvalue weighted by Crippen LogP contribution is 2.40. The molecule has 148 valence electrons. The smallest absolute Gasteiger partial charge is 0.339 e. The van der Waals surface area contributed by atoms with E-state index >= 15 is 0 Å². The summed E-state index contributed by atoms with van der Waals surface area (Å²) in [5.74, 6) is 0.207. The Morgan fingerprint density at radius 3 is 2.60 bits per heavy atom. The average Bonchev–Trinajstić information content (AvgIpc) is 3.65. The van der Waals surface area contributed by atoms with Crippen molar-refractivity contribution in [3.8, 4) is 11.3 Å². The van der Waals surface area contributed by atoms with Crippen molar-refractivity contribution >= 4 is 16.7 Å². The van der Waals surface area contributed by atoms with Crippen molar-refractivity contribution in [1.29, 1.82) is 0 Å². The first-order valence-corrected chi connectivity index (χ1v) is 10.2. The summed E-state index contributed by atoms with van der Waals surface area (Å²) in [4.78, 5) is 21.8. The molecule has 0 N–H and O–H groups in total. The van der Waals surface area contributed by atoms with Crippen LogP contribution in [0.4, 0.5) is 0 Å². The van der Waals surface area contributed by atoms with Gasteiger partial charge >= 0.3 is 5.97 Å². The van der Waals surface area contributed by atoms with Gasteiger partial charge in [-0.05, 0) is 47.4 Å². The van der Waals surface area contributed by atoms with E-state index in [2.05, 4.69) is 34.2 Å². The van der Waals surface area contributed by atoms with Gasteiger partial charge in [0.05, 0.1) is 24.1 Å². The van der Waals surface area contributed by atoms with Gasteiger partial charge in [0.15, 0.2) is 0 Å². The first-order chi connectivity index (χ1) is 14.7. The van der Waals surface area contributed by atoms with Crippen molar-refractivity contribution in [3.05, 3.63) is 95.4 Å². The Hall–Kier alpha value is -3.53. The molecule has 1 aliphatic carbocycles. The minimum atomic E-state index is -0.327. The lowest BCUT2D eigenvalue weighted by molar-refractivity contribution is 0.0599. The lowest BCUT2D eigenvalue weighted by Crippen LogP contribution is -2.09. The zero-order valence-corrected chi connectivity index (χ0v) is 16.8. The molecule has 30 heavy (non-hydrogen) atoms. The number of ether oxygens (including phenoxy) is 1. The van der Waals surface area contributed by atoms with Crippen LogP contribution in [0, 0.1) is 0 Å². The molecule has 0 atom stereocenters. The number of hydrogen-bond acceptors (Lipinski definition) is 4. The van der Waals surface area contributed by atoms with E-state index in [1.165, 1.54) is 20.0 Å². The quantitative estimate of drug-likeness (QED) is 0.416. The SMILES string of the molecule is COC(=O)c1cc(C2CC2)cnc1Cc1cccc2c(-c3ccccc3)nccc12. The second-order valence-corrected chi connectivity index (χ2v) is 7.74. The molecule has 0 aliphatic heterocycles. The molecule has 1 aliphatic rings. The average molecular weight is 394 g/mol. The normalized spacial score (nSPS) is 13.4. The number of nitrogens with zero attached hydrogens (tertiary/aromatic N) is 2. The van der Waals surface area contributed by atoms with Gasteiger partial charge in [0.25, 0.3) is 0 Å². The zero-order chi connectivity index (χ0) is 20.5. The van der Waals surface area contributed by atoms with E-state index in [0.29, 0.717) is 17.9 Å². The molecule has 0 unspecified atom stereocenters. The molecule has 0 saturated heterocycles. The Balaban J connectivity index is 1.59. The molecule has 0 radical (unpaired) electrons. The summed E-state index contributed by atoms with van der Waals surface area (Å²) in [6.07, 6.45) is 6.66. The summed E-state index contributed by atoms with van der Waals surface area (Å²) in [6, 6.07) is 20.4. The Bertz CT molecular complexity index is 1230. The third-order valence-electron chi connectivity index (χ3n) is 5.75. The minimum absolute atomic E-state index is 0.327. The molecule has 2 aromatic carbocycles. The van der Waals surface area contributed by atoms with Crippen molar-refractivity contribution in [1.82, 2.24) is 9.97 Å². The molecule has 1 fully saturated rings. The van der Waals surface area contributed by atoms with Crippen LogP contribution in [-0.4, -0.2) is 23.0 Å². The highest BCUT2D eigenvalue weighted by Gasteiger charge is 2.26. The number of methoxy groups -OCH3 is 1. The first-order valence-electron chi connectivity index (χ1n) is 10.2. The van der Waals surface area contributed by atoms with Crippen LogP contribution in [0.2, 0.25) is 0 Å². The Morgan fingerprint density at radius 2 is 1.83 bits per heavy atom. The van der Waals surface area contributed by atoms with Crippen LogP contribution in [0.5, 0.6) is 0 Å². The van der Waals surface area contributed by atoms with Gasteiger partial charge in [-0.15, -0.1) is 0 Å². The summed E-state index contributed by atoms with van der Waals surface area (Å²) >= 11 is 0. The molecule has 0 bridgehead atoms. The maximum Gasteiger partial charge on any atom is 0.339 e. The van der Waals surface area contributed by atoms with Crippen LogP contribution in [0.3, 0.4) is 0 Å². The number of aromatic nitrogens is 2. The highest BCUT2D eigenvalue weighted by atomic mass is 16.5. The summed E-state index contributed by atoms with van der Waals surface area (Å²) < 4.78 is 5.05. The van der Waals surface area contributed by atoms with E-state index in [-0.39, 0.29) is 5.97 Å². The van der Waals surface area contributed by atoms with Crippen LogP contribution >= 0.6 is 0 Å². The maximum atomic E-state index is 12.5. The Kier molecular flexibility index (Phi) is 4.75. The van der Waals surface area contributed by atoms with Crippen LogP contribution in [0.15, 0.2) is 73.1 Å². The van der Waals surface area contributed by atoms with Crippen molar-refractivity contribution in [2.24, 2.45) is 0 Å². The number of esters is 1. The van der Waals surface area contributed by atoms with Gasteiger partial charge in [0.1, 0.15) is 0 Å².